The van der Waals surface area contributed by atoms with E-state index >= 15 is 0 Å². The molecule has 1 fully saturated rings. The number of likely N-dealkylation sites (tertiary alicyclic amines) is 1. The molecule has 1 aliphatic rings. The highest BCUT2D eigenvalue weighted by molar-refractivity contribution is 7.10. The predicted octanol–water partition coefficient (Wildman–Crippen LogP) is 3.49. The van der Waals surface area contributed by atoms with Gasteiger partial charge in [0.25, 0.3) is 0 Å². The zero-order chi connectivity index (χ0) is 17.1. The molecule has 1 aromatic heterocycles. The normalized spacial score (nSPS) is 21.0. The van der Waals surface area contributed by atoms with Crippen LogP contribution in [0, 0.1) is 11.7 Å². The van der Waals surface area contributed by atoms with E-state index in [1.54, 1.807) is 23.1 Å². The highest BCUT2D eigenvalue weighted by atomic mass is 32.1. The highest BCUT2D eigenvalue weighted by Gasteiger charge is 2.41. The third kappa shape index (κ3) is 3.33. The number of benzene rings is 1. The standard InChI is InChI=1S/C18H18FNO3S/c19-14-5-2-1-4-12(14)9-10-20-16(21)8-7-13(18(22)23)17(20)15-6-3-11-24-15/h1-6,11,13,17H,7-10H2,(H,22,23)/t13-,17-/m0/s1. The summed E-state index contributed by atoms with van der Waals surface area (Å²) in [7, 11) is 0. The van der Waals surface area contributed by atoms with Crippen molar-refractivity contribution in [1.29, 1.82) is 0 Å². The Morgan fingerprint density at radius 3 is 2.75 bits per heavy atom. The molecule has 0 bridgehead atoms. The van der Waals surface area contributed by atoms with Gasteiger partial charge in [-0.25, -0.2) is 4.39 Å². The number of rotatable bonds is 5. The summed E-state index contributed by atoms with van der Waals surface area (Å²) in [5, 5.41) is 11.4. The summed E-state index contributed by atoms with van der Waals surface area (Å²) in [4.78, 5) is 26.5. The summed E-state index contributed by atoms with van der Waals surface area (Å²) in [6.45, 7) is 0.312. The maximum atomic E-state index is 13.8. The molecule has 0 unspecified atom stereocenters. The zero-order valence-corrected chi connectivity index (χ0v) is 13.8. The minimum atomic E-state index is -0.892. The lowest BCUT2D eigenvalue weighted by molar-refractivity contribution is -0.151. The van der Waals surface area contributed by atoms with Crippen LogP contribution >= 0.6 is 11.3 Å². The Labute approximate surface area is 143 Å². The van der Waals surface area contributed by atoms with Crippen molar-refractivity contribution in [2.45, 2.75) is 25.3 Å². The number of carbonyl (C=O) groups excluding carboxylic acids is 1. The molecule has 2 heterocycles. The van der Waals surface area contributed by atoms with Gasteiger partial charge in [-0.1, -0.05) is 24.3 Å². The van der Waals surface area contributed by atoms with E-state index in [0.717, 1.165) is 4.88 Å². The Hall–Kier alpha value is -2.21. The summed E-state index contributed by atoms with van der Waals surface area (Å²) in [5.74, 6) is -1.88. The van der Waals surface area contributed by atoms with Gasteiger partial charge in [-0.15, -0.1) is 11.3 Å². The van der Waals surface area contributed by atoms with Gasteiger partial charge in [-0.3, -0.25) is 9.59 Å². The average molecular weight is 347 g/mol. The number of carboxylic acid groups (broad SMARTS) is 1. The molecule has 0 saturated carbocycles. The lowest BCUT2D eigenvalue weighted by Gasteiger charge is -2.39. The molecule has 0 spiro atoms. The fourth-order valence-corrected chi connectivity index (χ4v) is 4.13. The first-order valence-corrected chi connectivity index (χ1v) is 8.75. The fraction of sp³-hybridized carbons (Fsp3) is 0.333. The van der Waals surface area contributed by atoms with E-state index in [2.05, 4.69) is 0 Å². The van der Waals surface area contributed by atoms with Gasteiger partial charge in [0.1, 0.15) is 5.82 Å². The molecule has 126 valence electrons. The lowest BCUT2D eigenvalue weighted by Crippen LogP contribution is -2.45. The van der Waals surface area contributed by atoms with Gasteiger partial charge in [0.05, 0.1) is 12.0 Å². The van der Waals surface area contributed by atoms with E-state index in [1.165, 1.54) is 17.4 Å². The van der Waals surface area contributed by atoms with E-state index in [4.69, 9.17) is 0 Å². The lowest BCUT2D eigenvalue weighted by atomic mass is 9.87. The molecule has 1 amide bonds. The molecule has 1 aliphatic heterocycles. The monoisotopic (exact) mass is 347 g/mol. The average Bonchev–Trinajstić information content (AvgIpc) is 3.08. The number of halogens is 1. The van der Waals surface area contributed by atoms with Gasteiger partial charge in [0.15, 0.2) is 0 Å². The zero-order valence-electron chi connectivity index (χ0n) is 13.0. The topological polar surface area (TPSA) is 57.6 Å². The first-order valence-electron chi connectivity index (χ1n) is 7.87. The Kier molecular flexibility index (Phi) is 4.94. The largest absolute Gasteiger partial charge is 0.481 e. The van der Waals surface area contributed by atoms with Crippen LogP contribution in [0.4, 0.5) is 4.39 Å². The molecular weight excluding hydrogens is 329 g/mol. The van der Waals surface area contributed by atoms with Gasteiger partial charge in [0.2, 0.25) is 5.91 Å². The quantitative estimate of drug-likeness (QED) is 0.901. The highest BCUT2D eigenvalue weighted by Crippen LogP contribution is 2.39. The van der Waals surface area contributed by atoms with E-state index < -0.39 is 17.9 Å². The number of carbonyl (C=O) groups is 2. The molecule has 1 saturated heterocycles. The van der Waals surface area contributed by atoms with Crippen LogP contribution in [-0.2, 0) is 16.0 Å². The molecule has 0 radical (unpaired) electrons. The van der Waals surface area contributed by atoms with Crippen molar-refractivity contribution < 1.29 is 19.1 Å². The molecular formula is C18H18FNO3S. The van der Waals surface area contributed by atoms with Crippen molar-refractivity contribution >= 4 is 23.2 Å². The van der Waals surface area contributed by atoms with Crippen molar-refractivity contribution in [2.75, 3.05) is 6.54 Å². The van der Waals surface area contributed by atoms with E-state index in [-0.39, 0.29) is 18.1 Å². The van der Waals surface area contributed by atoms with Crippen LogP contribution in [0.2, 0.25) is 0 Å². The van der Waals surface area contributed by atoms with Crippen LogP contribution in [0.15, 0.2) is 41.8 Å². The number of amides is 1. The molecule has 0 aliphatic carbocycles. The molecule has 3 rings (SSSR count). The number of carboxylic acids is 1. The Balaban J connectivity index is 1.85. The molecule has 6 heteroatoms. The third-order valence-corrected chi connectivity index (χ3v) is 5.38. The van der Waals surface area contributed by atoms with E-state index in [9.17, 15) is 19.1 Å². The molecule has 24 heavy (non-hydrogen) atoms. The van der Waals surface area contributed by atoms with Crippen LogP contribution in [0.1, 0.15) is 29.3 Å². The SMILES string of the molecule is O=C(O)[C@H]1CCC(=O)N(CCc2ccccc2F)[C@@H]1c1cccs1. The molecule has 1 aromatic carbocycles. The first kappa shape index (κ1) is 16.6. The predicted molar refractivity (Wildman–Crippen MR) is 89.2 cm³/mol. The summed E-state index contributed by atoms with van der Waals surface area (Å²) in [6, 6.07) is 9.71. The van der Waals surface area contributed by atoms with Crippen LogP contribution in [0.3, 0.4) is 0 Å². The molecule has 2 atom stereocenters. The van der Waals surface area contributed by atoms with Crippen LogP contribution < -0.4 is 0 Å². The van der Waals surface area contributed by atoms with Gasteiger partial charge < -0.3 is 10.0 Å². The van der Waals surface area contributed by atoms with Crippen molar-refractivity contribution in [1.82, 2.24) is 4.90 Å². The van der Waals surface area contributed by atoms with Crippen molar-refractivity contribution in [2.24, 2.45) is 5.92 Å². The smallest absolute Gasteiger partial charge is 0.308 e. The summed E-state index contributed by atoms with van der Waals surface area (Å²) >= 11 is 1.45. The Bertz CT molecular complexity index is 732. The summed E-state index contributed by atoms with van der Waals surface area (Å²) in [5.41, 5.74) is 0.535. The minimum absolute atomic E-state index is 0.0674. The first-order chi connectivity index (χ1) is 11.6. The second-order valence-electron chi connectivity index (χ2n) is 5.87. The maximum Gasteiger partial charge on any atom is 0.308 e. The third-order valence-electron chi connectivity index (χ3n) is 4.44. The number of hydrogen-bond acceptors (Lipinski definition) is 3. The number of thiophene rings is 1. The van der Waals surface area contributed by atoms with Crippen molar-refractivity contribution in [3.63, 3.8) is 0 Å². The van der Waals surface area contributed by atoms with E-state index in [0.29, 0.717) is 24.9 Å². The van der Waals surface area contributed by atoms with Gasteiger partial charge in [-0.05, 0) is 35.9 Å². The minimum Gasteiger partial charge on any atom is -0.481 e. The van der Waals surface area contributed by atoms with E-state index in [1.807, 2.05) is 17.5 Å². The molecule has 1 N–H and O–H groups in total. The fourth-order valence-electron chi connectivity index (χ4n) is 3.23. The van der Waals surface area contributed by atoms with Gasteiger partial charge in [0, 0.05) is 17.8 Å². The van der Waals surface area contributed by atoms with Crippen LogP contribution in [-0.4, -0.2) is 28.4 Å². The van der Waals surface area contributed by atoms with Crippen molar-refractivity contribution in [3.8, 4) is 0 Å². The summed E-state index contributed by atoms with van der Waals surface area (Å²) < 4.78 is 13.8. The number of piperidine rings is 1. The van der Waals surface area contributed by atoms with Crippen LogP contribution in [0.5, 0.6) is 0 Å². The number of aliphatic carboxylic acids is 1. The van der Waals surface area contributed by atoms with Gasteiger partial charge in [-0.2, -0.15) is 0 Å². The molecule has 4 nitrogen and oxygen atoms in total. The second kappa shape index (κ2) is 7.13. The van der Waals surface area contributed by atoms with Crippen LogP contribution in [0.25, 0.3) is 0 Å². The number of hydrogen-bond donors (Lipinski definition) is 1. The second-order valence-corrected chi connectivity index (χ2v) is 6.85. The Morgan fingerprint density at radius 2 is 2.08 bits per heavy atom. The Morgan fingerprint density at radius 1 is 1.29 bits per heavy atom. The maximum absolute atomic E-state index is 13.8. The van der Waals surface area contributed by atoms with Crippen molar-refractivity contribution in [3.05, 3.63) is 58.0 Å². The number of nitrogens with zero attached hydrogens (tertiary/aromatic N) is 1. The van der Waals surface area contributed by atoms with Gasteiger partial charge >= 0.3 is 5.97 Å². The summed E-state index contributed by atoms with van der Waals surface area (Å²) in [6.07, 6.45) is 0.926. The molecule has 2 aromatic rings.